The fourth-order valence-electron chi connectivity index (χ4n) is 3.67. The van der Waals surface area contributed by atoms with Crippen LogP contribution in [0.15, 0.2) is 0 Å². The van der Waals surface area contributed by atoms with Crippen LogP contribution in [0.5, 0.6) is 0 Å². The third kappa shape index (κ3) is 2.78. The summed E-state index contributed by atoms with van der Waals surface area (Å²) >= 11 is 0. The lowest BCUT2D eigenvalue weighted by molar-refractivity contribution is 0.0866. The Morgan fingerprint density at radius 1 is 1.31 bits per heavy atom. The largest absolute Gasteiger partial charge is 0.396 e. The molecule has 94 valence electrons. The highest BCUT2D eigenvalue weighted by atomic mass is 16.3. The van der Waals surface area contributed by atoms with Gasteiger partial charge in [0.2, 0.25) is 0 Å². The topological polar surface area (TPSA) is 23.5 Å². The second-order valence-corrected chi connectivity index (χ2v) is 6.04. The fourth-order valence-corrected chi connectivity index (χ4v) is 3.67. The summed E-state index contributed by atoms with van der Waals surface area (Å²) in [6.07, 6.45) is 9.25. The van der Waals surface area contributed by atoms with Crippen LogP contribution in [0.4, 0.5) is 0 Å². The van der Waals surface area contributed by atoms with Crippen molar-refractivity contribution in [2.45, 2.75) is 51.9 Å². The summed E-state index contributed by atoms with van der Waals surface area (Å²) in [6, 6.07) is 0. The first-order chi connectivity index (χ1) is 7.78. The minimum Gasteiger partial charge on any atom is -0.396 e. The van der Waals surface area contributed by atoms with Crippen molar-refractivity contribution in [3.63, 3.8) is 0 Å². The Labute approximate surface area is 100 Å². The number of hydrogen-bond acceptors (Lipinski definition) is 2. The molecule has 1 saturated heterocycles. The van der Waals surface area contributed by atoms with Gasteiger partial charge >= 0.3 is 0 Å². The van der Waals surface area contributed by atoms with Crippen LogP contribution < -0.4 is 0 Å². The molecule has 0 aromatic heterocycles. The molecule has 0 spiro atoms. The lowest BCUT2D eigenvalue weighted by atomic mass is 9.86. The molecule has 0 aromatic rings. The highest BCUT2D eigenvalue weighted by Crippen LogP contribution is 2.39. The molecule has 1 aliphatic heterocycles. The third-order valence-electron chi connectivity index (χ3n) is 4.63. The van der Waals surface area contributed by atoms with Gasteiger partial charge in [-0.05, 0) is 38.1 Å². The molecular formula is C14H27NO. The molecule has 0 radical (unpaired) electrons. The van der Waals surface area contributed by atoms with Crippen LogP contribution in [0.25, 0.3) is 0 Å². The number of hydrogen-bond donors (Lipinski definition) is 1. The van der Waals surface area contributed by atoms with E-state index in [0.717, 1.165) is 12.5 Å². The highest BCUT2D eigenvalue weighted by molar-refractivity contribution is 4.89. The number of aliphatic hydroxyl groups excluding tert-OH is 1. The van der Waals surface area contributed by atoms with E-state index in [2.05, 4.69) is 11.8 Å². The SMILES string of the molecule is CCCC1CCN(CC2(CO)CCCC2)C1. The summed E-state index contributed by atoms with van der Waals surface area (Å²) in [7, 11) is 0. The maximum absolute atomic E-state index is 9.62. The molecule has 0 amide bonds. The van der Waals surface area contributed by atoms with Crippen molar-refractivity contribution in [1.29, 1.82) is 0 Å². The molecule has 1 unspecified atom stereocenters. The van der Waals surface area contributed by atoms with Gasteiger partial charge in [0.15, 0.2) is 0 Å². The van der Waals surface area contributed by atoms with Crippen molar-refractivity contribution in [3.05, 3.63) is 0 Å². The van der Waals surface area contributed by atoms with Gasteiger partial charge in [-0.1, -0.05) is 26.2 Å². The van der Waals surface area contributed by atoms with Crippen LogP contribution in [0.1, 0.15) is 51.9 Å². The van der Waals surface area contributed by atoms with Gasteiger partial charge < -0.3 is 10.0 Å². The zero-order valence-corrected chi connectivity index (χ0v) is 10.7. The quantitative estimate of drug-likeness (QED) is 0.777. The standard InChI is InChI=1S/C14H27NO/c1-2-5-13-6-9-15(10-13)11-14(12-16)7-3-4-8-14/h13,16H,2-12H2,1H3. The van der Waals surface area contributed by atoms with Crippen molar-refractivity contribution in [1.82, 2.24) is 4.90 Å². The molecular weight excluding hydrogens is 198 g/mol. The Bertz CT molecular complexity index is 211. The van der Waals surface area contributed by atoms with Gasteiger partial charge in [-0.15, -0.1) is 0 Å². The summed E-state index contributed by atoms with van der Waals surface area (Å²) in [6.45, 7) is 6.41. The molecule has 2 fully saturated rings. The average molecular weight is 225 g/mol. The van der Waals surface area contributed by atoms with Crippen molar-refractivity contribution in [2.75, 3.05) is 26.2 Å². The summed E-state index contributed by atoms with van der Waals surface area (Å²) in [5, 5.41) is 9.62. The van der Waals surface area contributed by atoms with Gasteiger partial charge in [0.05, 0.1) is 0 Å². The zero-order chi connectivity index (χ0) is 11.4. The number of likely N-dealkylation sites (tertiary alicyclic amines) is 1. The molecule has 2 aliphatic rings. The molecule has 1 aliphatic carbocycles. The summed E-state index contributed by atoms with van der Waals surface area (Å²) in [5.74, 6) is 0.933. The molecule has 2 rings (SSSR count). The minimum absolute atomic E-state index is 0.265. The smallest absolute Gasteiger partial charge is 0.0499 e. The first kappa shape index (κ1) is 12.4. The summed E-state index contributed by atoms with van der Waals surface area (Å²) < 4.78 is 0. The summed E-state index contributed by atoms with van der Waals surface area (Å²) in [5.41, 5.74) is 0.265. The Morgan fingerprint density at radius 3 is 2.69 bits per heavy atom. The second kappa shape index (κ2) is 5.50. The van der Waals surface area contributed by atoms with Crippen LogP contribution in [-0.4, -0.2) is 36.2 Å². The molecule has 1 atom stereocenters. The first-order valence-electron chi connectivity index (χ1n) is 7.11. The van der Waals surface area contributed by atoms with Crippen molar-refractivity contribution < 1.29 is 5.11 Å². The molecule has 1 N–H and O–H groups in total. The van der Waals surface area contributed by atoms with E-state index in [1.807, 2.05) is 0 Å². The van der Waals surface area contributed by atoms with Crippen LogP contribution in [0.3, 0.4) is 0 Å². The molecule has 0 aromatic carbocycles. The van der Waals surface area contributed by atoms with E-state index in [1.165, 1.54) is 58.0 Å². The van der Waals surface area contributed by atoms with E-state index >= 15 is 0 Å². The van der Waals surface area contributed by atoms with Crippen LogP contribution in [0.2, 0.25) is 0 Å². The lowest BCUT2D eigenvalue weighted by Gasteiger charge is -2.31. The second-order valence-electron chi connectivity index (χ2n) is 6.04. The summed E-state index contributed by atoms with van der Waals surface area (Å²) in [4.78, 5) is 2.61. The number of rotatable bonds is 5. The van der Waals surface area contributed by atoms with Crippen molar-refractivity contribution >= 4 is 0 Å². The maximum Gasteiger partial charge on any atom is 0.0499 e. The first-order valence-corrected chi connectivity index (χ1v) is 7.11. The Kier molecular flexibility index (Phi) is 4.26. The Balaban J connectivity index is 1.81. The monoisotopic (exact) mass is 225 g/mol. The number of aliphatic hydroxyl groups is 1. The highest BCUT2D eigenvalue weighted by Gasteiger charge is 2.36. The van der Waals surface area contributed by atoms with Crippen LogP contribution >= 0.6 is 0 Å². The van der Waals surface area contributed by atoms with E-state index in [4.69, 9.17) is 0 Å². The van der Waals surface area contributed by atoms with Crippen LogP contribution in [0, 0.1) is 11.3 Å². The van der Waals surface area contributed by atoms with Gasteiger partial charge in [0.25, 0.3) is 0 Å². The van der Waals surface area contributed by atoms with Crippen molar-refractivity contribution in [2.24, 2.45) is 11.3 Å². The van der Waals surface area contributed by atoms with E-state index in [0.29, 0.717) is 6.61 Å². The molecule has 16 heavy (non-hydrogen) atoms. The van der Waals surface area contributed by atoms with Gasteiger partial charge in [-0.2, -0.15) is 0 Å². The molecule has 0 bridgehead atoms. The zero-order valence-electron chi connectivity index (χ0n) is 10.7. The normalized spacial score (nSPS) is 30.0. The Hall–Kier alpha value is -0.0800. The van der Waals surface area contributed by atoms with Crippen molar-refractivity contribution in [3.8, 4) is 0 Å². The maximum atomic E-state index is 9.62. The van der Waals surface area contributed by atoms with Gasteiger partial charge in [-0.25, -0.2) is 0 Å². The molecule has 1 saturated carbocycles. The van der Waals surface area contributed by atoms with E-state index < -0.39 is 0 Å². The number of nitrogens with zero attached hydrogens (tertiary/aromatic N) is 1. The lowest BCUT2D eigenvalue weighted by Crippen LogP contribution is -2.37. The predicted octanol–water partition coefficient (Wildman–Crippen LogP) is 2.66. The van der Waals surface area contributed by atoms with Gasteiger partial charge in [0.1, 0.15) is 0 Å². The predicted molar refractivity (Wildman–Crippen MR) is 67.4 cm³/mol. The van der Waals surface area contributed by atoms with Crippen LogP contribution in [-0.2, 0) is 0 Å². The van der Waals surface area contributed by atoms with Gasteiger partial charge in [0, 0.05) is 25.1 Å². The average Bonchev–Trinajstić information content (AvgIpc) is 2.90. The van der Waals surface area contributed by atoms with E-state index in [1.54, 1.807) is 0 Å². The van der Waals surface area contributed by atoms with E-state index in [9.17, 15) is 5.11 Å². The Morgan fingerprint density at radius 2 is 2.06 bits per heavy atom. The fraction of sp³-hybridized carbons (Fsp3) is 1.00. The van der Waals surface area contributed by atoms with E-state index in [-0.39, 0.29) is 5.41 Å². The molecule has 2 heteroatoms. The molecule has 1 heterocycles. The molecule has 2 nitrogen and oxygen atoms in total. The van der Waals surface area contributed by atoms with Gasteiger partial charge in [-0.3, -0.25) is 0 Å². The minimum atomic E-state index is 0.265. The third-order valence-corrected chi connectivity index (χ3v) is 4.63.